The van der Waals surface area contributed by atoms with Crippen LogP contribution in [0.4, 0.5) is 0 Å². The van der Waals surface area contributed by atoms with Crippen LogP contribution in [0.15, 0.2) is 0 Å². The summed E-state index contributed by atoms with van der Waals surface area (Å²) >= 11 is 0. The zero-order valence-electron chi connectivity index (χ0n) is 16.4. The van der Waals surface area contributed by atoms with Crippen molar-refractivity contribution in [2.75, 3.05) is 13.2 Å². The van der Waals surface area contributed by atoms with E-state index in [9.17, 15) is 24.0 Å². The van der Waals surface area contributed by atoms with Crippen molar-refractivity contribution in [3.05, 3.63) is 0 Å². The zero-order chi connectivity index (χ0) is 22.1. The van der Waals surface area contributed by atoms with Gasteiger partial charge in [0.05, 0.1) is 19.1 Å². The standard InChI is InChI=1S/C17H29N5O7/c1-8(2)13(16(27)21-11(7-23)17(28)29)22-15(26)10(6-12(18)24)20-14(25)9-4-3-5-19-9/h8-11,13,19,23H,3-7H2,1-2H3,(H2,18,24)(H,20,25)(H,21,27)(H,22,26)(H,28,29). The van der Waals surface area contributed by atoms with Crippen LogP contribution < -0.4 is 27.0 Å². The van der Waals surface area contributed by atoms with Gasteiger partial charge in [0, 0.05) is 0 Å². The molecule has 1 fully saturated rings. The summed E-state index contributed by atoms with van der Waals surface area (Å²) in [4.78, 5) is 59.6. The highest BCUT2D eigenvalue weighted by molar-refractivity contribution is 5.96. The zero-order valence-corrected chi connectivity index (χ0v) is 16.4. The van der Waals surface area contributed by atoms with Gasteiger partial charge in [0.2, 0.25) is 23.6 Å². The molecule has 1 aliphatic rings. The summed E-state index contributed by atoms with van der Waals surface area (Å²) < 4.78 is 0. The van der Waals surface area contributed by atoms with Gasteiger partial charge in [-0.05, 0) is 25.3 Å². The summed E-state index contributed by atoms with van der Waals surface area (Å²) in [6, 6.07) is -4.46. The van der Waals surface area contributed by atoms with Crippen LogP contribution >= 0.6 is 0 Å². The fourth-order valence-corrected chi connectivity index (χ4v) is 2.83. The molecule has 1 heterocycles. The molecule has 12 heteroatoms. The molecular weight excluding hydrogens is 386 g/mol. The van der Waals surface area contributed by atoms with Crippen LogP contribution in [-0.2, 0) is 24.0 Å². The Morgan fingerprint density at radius 1 is 1.07 bits per heavy atom. The minimum atomic E-state index is -1.53. The van der Waals surface area contributed by atoms with Gasteiger partial charge in [-0.15, -0.1) is 0 Å². The molecule has 4 amide bonds. The van der Waals surface area contributed by atoms with Crippen LogP contribution in [0, 0.1) is 5.92 Å². The molecule has 1 saturated heterocycles. The Morgan fingerprint density at radius 2 is 1.72 bits per heavy atom. The quantitative estimate of drug-likeness (QED) is 0.183. The summed E-state index contributed by atoms with van der Waals surface area (Å²) in [7, 11) is 0. The summed E-state index contributed by atoms with van der Waals surface area (Å²) in [6.07, 6.45) is 0.923. The minimum absolute atomic E-state index is 0.450. The van der Waals surface area contributed by atoms with E-state index in [1.54, 1.807) is 13.8 Å². The first-order valence-electron chi connectivity index (χ1n) is 9.33. The lowest BCUT2D eigenvalue weighted by molar-refractivity contribution is -0.143. The SMILES string of the molecule is CC(C)C(NC(=O)C(CC(N)=O)NC(=O)C1CCCN1)C(=O)NC(CO)C(=O)O. The van der Waals surface area contributed by atoms with Gasteiger partial charge >= 0.3 is 5.97 Å². The maximum absolute atomic E-state index is 12.6. The summed E-state index contributed by atoms with van der Waals surface area (Å²) in [5.41, 5.74) is 5.17. The molecule has 0 spiro atoms. The number of nitrogens with one attached hydrogen (secondary N) is 4. The number of hydrogen-bond donors (Lipinski definition) is 7. The van der Waals surface area contributed by atoms with E-state index >= 15 is 0 Å². The molecule has 4 atom stereocenters. The highest BCUT2D eigenvalue weighted by atomic mass is 16.4. The third-order valence-electron chi connectivity index (χ3n) is 4.46. The third kappa shape index (κ3) is 7.66. The number of aliphatic carboxylic acids is 1. The van der Waals surface area contributed by atoms with E-state index in [0.29, 0.717) is 13.0 Å². The van der Waals surface area contributed by atoms with Gasteiger partial charge in [0.1, 0.15) is 18.1 Å². The average Bonchev–Trinajstić information content (AvgIpc) is 3.17. The van der Waals surface area contributed by atoms with Gasteiger partial charge in [-0.1, -0.05) is 13.8 Å². The van der Waals surface area contributed by atoms with Crippen molar-refractivity contribution in [3.63, 3.8) is 0 Å². The molecule has 0 aromatic rings. The van der Waals surface area contributed by atoms with Crippen LogP contribution in [0.5, 0.6) is 0 Å². The second kappa shape index (κ2) is 11.3. The summed E-state index contributed by atoms with van der Waals surface area (Å²) in [6.45, 7) is 3.07. The Bertz CT molecular complexity index is 634. The topological polar surface area (TPSA) is 200 Å². The number of amides is 4. The molecule has 1 rings (SSSR count). The normalized spacial score (nSPS) is 19.1. The van der Waals surface area contributed by atoms with Crippen LogP contribution in [0.3, 0.4) is 0 Å². The van der Waals surface area contributed by atoms with E-state index in [1.165, 1.54) is 0 Å². The number of hydrogen-bond acceptors (Lipinski definition) is 7. The molecule has 12 nitrogen and oxygen atoms in total. The fraction of sp³-hybridized carbons (Fsp3) is 0.706. The van der Waals surface area contributed by atoms with Crippen molar-refractivity contribution in [1.29, 1.82) is 0 Å². The molecule has 8 N–H and O–H groups in total. The number of carbonyl (C=O) groups is 5. The Morgan fingerprint density at radius 3 is 2.17 bits per heavy atom. The predicted molar refractivity (Wildman–Crippen MR) is 100 cm³/mol. The molecule has 0 aliphatic carbocycles. The Balaban J connectivity index is 2.86. The van der Waals surface area contributed by atoms with Crippen molar-refractivity contribution >= 4 is 29.6 Å². The number of nitrogens with two attached hydrogens (primary N) is 1. The van der Waals surface area contributed by atoms with E-state index in [1.807, 2.05) is 0 Å². The fourth-order valence-electron chi connectivity index (χ4n) is 2.83. The van der Waals surface area contributed by atoms with Crippen LogP contribution in [0.2, 0.25) is 0 Å². The van der Waals surface area contributed by atoms with Crippen molar-refractivity contribution in [1.82, 2.24) is 21.3 Å². The Kier molecular flexibility index (Phi) is 9.48. The molecule has 4 unspecified atom stereocenters. The molecule has 1 aliphatic heterocycles. The summed E-state index contributed by atoms with van der Waals surface area (Å²) in [5.74, 6) is -4.79. The molecule has 29 heavy (non-hydrogen) atoms. The van der Waals surface area contributed by atoms with Crippen LogP contribution in [0.25, 0.3) is 0 Å². The molecule has 0 aromatic heterocycles. The van der Waals surface area contributed by atoms with Gasteiger partial charge in [-0.2, -0.15) is 0 Å². The number of rotatable bonds is 11. The molecule has 0 radical (unpaired) electrons. The van der Waals surface area contributed by atoms with E-state index in [2.05, 4.69) is 21.3 Å². The first-order valence-corrected chi connectivity index (χ1v) is 9.33. The third-order valence-corrected chi connectivity index (χ3v) is 4.46. The second-order valence-electron chi connectivity index (χ2n) is 7.19. The maximum Gasteiger partial charge on any atom is 0.328 e. The smallest absolute Gasteiger partial charge is 0.328 e. The Hall–Kier alpha value is -2.73. The Labute approximate surface area is 168 Å². The average molecular weight is 415 g/mol. The molecular formula is C17H29N5O7. The number of primary amides is 1. The predicted octanol–water partition coefficient (Wildman–Crippen LogP) is -3.20. The second-order valence-corrected chi connectivity index (χ2v) is 7.19. The highest BCUT2D eigenvalue weighted by Gasteiger charge is 2.33. The van der Waals surface area contributed by atoms with Crippen LogP contribution in [-0.4, -0.2) is 77.1 Å². The number of carboxylic acid groups (broad SMARTS) is 1. The van der Waals surface area contributed by atoms with Crippen LogP contribution in [0.1, 0.15) is 33.1 Å². The summed E-state index contributed by atoms with van der Waals surface area (Å²) in [5, 5.41) is 28.0. The van der Waals surface area contributed by atoms with E-state index < -0.39 is 72.7 Å². The highest BCUT2D eigenvalue weighted by Crippen LogP contribution is 2.07. The first kappa shape index (κ1) is 24.3. The van der Waals surface area contributed by atoms with Gasteiger partial charge in [-0.25, -0.2) is 4.79 Å². The van der Waals surface area contributed by atoms with Crippen molar-refractivity contribution in [2.24, 2.45) is 11.7 Å². The van der Waals surface area contributed by atoms with E-state index in [-0.39, 0.29) is 0 Å². The van der Waals surface area contributed by atoms with Crippen molar-refractivity contribution in [2.45, 2.75) is 57.3 Å². The maximum atomic E-state index is 12.6. The van der Waals surface area contributed by atoms with Gasteiger partial charge in [0.25, 0.3) is 0 Å². The van der Waals surface area contributed by atoms with Gasteiger partial charge < -0.3 is 37.2 Å². The van der Waals surface area contributed by atoms with Crippen molar-refractivity contribution < 1.29 is 34.2 Å². The number of aliphatic hydroxyl groups excluding tert-OH is 1. The van der Waals surface area contributed by atoms with Crippen molar-refractivity contribution in [3.8, 4) is 0 Å². The lowest BCUT2D eigenvalue weighted by Gasteiger charge is -2.26. The number of carbonyl (C=O) groups excluding carboxylic acids is 4. The minimum Gasteiger partial charge on any atom is -0.480 e. The van der Waals surface area contributed by atoms with E-state index in [4.69, 9.17) is 15.9 Å². The molecule has 0 saturated carbocycles. The molecule has 0 aromatic carbocycles. The van der Waals surface area contributed by atoms with Gasteiger partial charge in [0.15, 0.2) is 0 Å². The molecule has 164 valence electrons. The molecule has 0 bridgehead atoms. The number of aliphatic hydroxyl groups is 1. The number of carboxylic acids is 1. The monoisotopic (exact) mass is 415 g/mol. The van der Waals surface area contributed by atoms with E-state index in [0.717, 1.165) is 6.42 Å². The lowest BCUT2D eigenvalue weighted by Crippen LogP contribution is -2.59. The van der Waals surface area contributed by atoms with Gasteiger partial charge in [-0.3, -0.25) is 19.2 Å². The lowest BCUT2D eigenvalue weighted by atomic mass is 10.0. The first-order chi connectivity index (χ1) is 13.6. The largest absolute Gasteiger partial charge is 0.480 e.